The van der Waals surface area contributed by atoms with E-state index in [4.69, 9.17) is 9.84 Å². The standard InChI is InChI=1S/C13H19FO3/c1-2-3-6-17-13-5-4-11(14)7-10(13)8-12(16)9-15/h4-5,7,12,15-16H,2-3,6,8-9H2,1H3. The minimum absolute atomic E-state index is 0.190. The van der Waals surface area contributed by atoms with Gasteiger partial charge in [0.2, 0.25) is 0 Å². The first-order valence-corrected chi connectivity index (χ1v) is 5.87. The van der Waals surface area contributed by atoms with Crippen LogP contribution in [-0.2, 0) is 6.42 Å². The second-order valence-electron chi connectivity index (χ2n) is 3.99. The molecule has 17 heavy (non-hydrogen) atoms. The van der Waals surface area contributed by atoms with Crippen LogP contribution in [0.2, 0.25) is 0 Å². The molecule has 1 unspecified atom stereocenters. The fourth-order valence-electron chi connectivity index (χ4n) is 1.49. The van der Waals surface area contributed by atoms with Crippen molar-refractivity contribution in [1.29, 1.82) is 0 Å². The third kappa shape index (κ3) is 4.71. The van der Waals surface area contributed by atoms with E-state index in [-0.39, 0.29) is 18.8 Å². The Morgan fingerprint density at radius 1 is 1.41 bits per heavy atom. The summed E-state index contributed by atoms with van der Waals surface area (Å²) in [4.78, 5) is 0. The summed E-state index contributed by atoms with van der Waals surface area (Å²) in [5.41, 5.74) is 0.586. The number of aliphatic hydroxyl groups is 2. The minimum Gasteiger partial charge on any atom is -0.493 e. The molecule has 1 rings (SSSR count). The normalized spacial score (nSPS) is 12.5. The van der Waals surface area contributed by atoms with Gasteiger partial charge in [0.1, 0.15) is 11.6 Å². The van der Waals surface area contributed by atoms with E-state index >= 15 is 0 Å². The Bertz CT molecular complexity index is 341. The van der Waals surface area contributed by atoms with Crippen molar-refractivity contribution < 1.29 is 19.3 Å². The highest BCUT2D eigenvalue weighted by Crippen LogP contribution is 2.21. The van der Waals surface area contributed by atoms with Gasteiger partial charge in [-0.05, 0) is 30.2 Å². The van der Waals surface area contributed by atoms with Crippen molar-refractivity contribution in [3.05, 3.63) is 29.6 Å². The SMILES string of the molecule is CCCCOc1ccc(F)cc1CC(O)CO. The average molecular weight is 242 g/mol. The maximum absolute atomic E-state index is 13.1. The number of rotatable bonds is 7. The van der Waals surface area contributed by atoms with Crippen LogP contribution in [0.4, 0.5) is 4.39 Å². The van der Waals surface area contributed by atoms with E-state index in [2.05, 4.69) is 6.92 Å². The summed E-state index contributed by atoms with van der Waals surface area (Å²) >= 11 is 0. The number of aliphatic hydroxyl groups excluding tert-OH is 2. The fourth-order valence-corrected chi connectivity index (χ4v) is 1.49. The molecular weight excluding hydrogens is 223 g/mol. The fraction of sp³-hybridized carbons (Fsp3) is 0.538. The lowest BCUT2D eigenvalue weighted by Crippen LogP contribution is -2.16. The first kappa shape index (κ1) is 13.9. The highest BCUT2D eigenvalue weighted by molar-refractivity contribution is 5.34. The number of halogens is 1. The summed E-state index contributed by atoms with van der Waals surface area (Å²) < 4.78 is 18.6. The van der Waals surface area contributed by atoms with Crippen LogP contribution in [0, 0.1) is 5.82 Å². The van der Waals surface area contributed by atoms with Gasteiger partial charge >= 0.3 is 0 Å². The number of hydrogen-bond acceptors (Lipinski definition) is 3. The Morgan fingerprint density at radius 3 is 2.82 bits per heavy atom. The van der Waals surface area contributed by atoms with Crippen LogP contribution in [0.5, 0.6) is 5.75 Å². The molecule has 0 saturated carbocycles. The smallest absolute Gasteiger partial charge is 0.123 e. The van der Waals surface area contributed by atoms with Gasteiger partial charge in [0, 0.05) is 6.42 Å². The van der Waals surface area contributed by atoms with Crippen LogP contribution in [-0.4, -0.2) is 29.5 Å². The predicted molar refractivity (Wildman–Crippen MR) is 63.6 cm³/mol. The Morgan fingerprint density at radius 2 is 2.18 bits per heavy atom. The molecule has 0 heterocycles. The van der Waals surface area contributed by atoms with E-state index in [0.29, 0.717) is 17.9 Å². The Hall–Kier alpha value is -1.13. The lowest BCUT2D eigenvalue weighted by atomic mass is 10.1. The van der Waals surface area contributed by atoms with Crippen molar-refractivity contribution in [3.63, 3.8) is 0 Å². The van der Waals surface area contributed by atoms with Gasteiger partial charge in [0.25, 0.3) is 0 Å². The number of hydrogen-bond donors (Lipinski definition) is 2. The van der Waals surface area contributed by atoms with Crippen molar-refractivity contribution in [2.45, 2.75) is 32.3 Å². The molecule has 0 aliphatic heterocycles. The molecule has 96 valence electrons. The zero-order valence-corrected chi connectivity index (χ0v) is 10.0. The largest absolute Gasteiger partial charge is 0.493 e. The molecule has 3 nitrogen and oxygen atoms in total. The van der Waals surface area contributed by atoms with E-state index in [9.17, 15) is 9.50 Å². The Kier molecular flexibility index (Phi) is 5.94. The second-order valence-corrected chi connectivity index (χ2v) is 3.99. The molecule has 1 aromatic rings. The zero-order valence-electron chi connectivity index (χ0n) is 10.0. The van der Waals surface area contributed by atoms with E-state index < -0.39 is 6.10 Å². The maximum atomic E-state index is 13.1. The van der Waals surface area contributed by atoms with Gasteiger partial charge < -0.3 is 14.9 Å². The van der Waals surface area contributed by atoms with Crippen LogP contribution >= 0.6 is 0 Å². The van der Waals surface area contributed by atoms with Crippen molar-refractivity contribution in [3.8, 4) is 5.75 Å². The van der Waals surface area contributed by atoms with E-state index in [1.54, 1.807) is 6.07 Å². The topological polar surface area (TPSA) is 49.7 Å². The highest BCUT2D eigenvalue weighted by Gasteiger charge is 2.10. The molecule has 0 aliphatic rings. The van der Waals surface area contributed by atoms with Crippen LogP contribution < -0.4 is 4.74 Å². The van der Waals surface area contributed by atoms with Gasteiger partial charge in [-0.25, -0.2) is 4.39 Å². The molecule has 0 saturated heterocycles. The van der Waals surface area contributed by atoms with Gasteiger partial charge in [-0.15, -0.1) is 0 Å². The van der Waals surface area contributed by atoms with Gasteiger partial charge in [0.15, 0.2) is 0 Å². The number of ether oxygens (including phenoxy) is 1. The van der Waals surface area contributed by atoms with Crippen LogP contribution in [0.15, 0.2) is 18.2 Å². The molecule has 0 bridgehead atoms. The van der Waals surface area contributed by atoms with Gasteiger partial charge in [0.05, 0.1) is 19.3 Å². The molecule has 0 aromatic heterocycles. The van der Waals surface area contributed by atoms with Crippen LogP contribution in [0.1, 0.15) is 25.3 Å². The minimum atomic E-state index is -0.884. The highest BCUT2D eigenvalue weighted by atomic mass is 19.1. The van der Waals surface area contributed by atoms with Crippen molar-refractivity contribution in [2.24, 2.45) is 0 Å². The van der Waals surface area contributed by atoms with E-state index in [1.165, 1.54) is 12.1 Å². The van der Waals surface area contributed by atoms with Gasteiger partial charge in [-0.2, -0.15) is 0 Å². The van der Waals surface area contributed by atoms with Crippen molar-refractivity contribution in [2.75, 3.05) is 13.2 Å². The monoisotopic (exact) mass is 242 g/mol. The van der Waals surface area contributed by atoms with Crippen molar-refractivity contribution in [1.82, 2.24) is 0 Å². The van der Waals surface area contributed by atoms with Crippen molar-refractivity contribution >= 4 is 0 Å². The third-order valence-corrected chi connectivity index (χ3v) is 2.44. The summed E-state index contributed by atoms with van der Waals surface area (Å²) in [5.74, 6) is 0.209. The lowest BCUT2D eigenvalue weighted by Gasteiger charge is -2.13. The maximum Gasteiger partial charge on any atom is 0.123 e. The molecule has 2 N–H and O–H groups in total. The van der Waals surface area contributed by atoms with Gasteiger partial charge in [-0.3, -0.25) is 0 Å². The lowest BCUT2D eigenvalue weighted by molar-refractivity contribution is 0.0947. The Balaban J connectivity index is 2.72. The first-order chi connectivity index (χ1) is 8.17. The Labute approximate surface area is 101 Å². The van der Waals surface area contributed by atoms with Crippen LogP contribution in [0.25, 0.3) is 0 Å². The molecular formula is C13H19FO3. The number of benzene rings is 1. The molecule has 0 spiro atoms. The third-order valence-electron chi connectivity index (χ3n) is 2.44. The van der Waals surface area contributed by atoms with Gasteiger partial charge in [-0.1, -0.05) is 13.3 Å². The molecule has 0 radical (unpaired) electrons. The first-order valence-electron chi connectivity index (χ1n) is 5.87. The van der Waals surface area contributed by atoms with Crippen LogP contribution in [0.3, 0.4) is 0 Å². The second kappa shape index (κ2) is 7.25. The molecule has 4 heteroatoms. The summed E-state index contributed by atoms with van der Waals surface area (Å²) in [7, 11) is 0. The predicted octanol–water partition coefficient (Wildman–Crippen LogP) is 1.90. The zero-order chi connectivity index (χ0) is 12.7. The molecule has 0 aliphatic carbocycles. The van der Waals surface area contributed by atoms with E-state index in [1.807, 2.05) is 0 Å². The summed E-state index contributed by atoms with van der Waals surface area (Å²) in [5, 5.41) is 18.2. The molecule has 0 amide bonds. The molecule has 1 aromatic carbocycles. The summed E-state index contributed by atoms with van der Waals surface area (Å²) in [6.45, 7) is 2.29. The summed E-state index contributed by atoms with van der Waals surface area (Å²) in [6, 6.07) is 4.22. The van der Waals surface area contributed by atoms with E-state index in [0.717, 1.165) is 12.8 Å². The summed E-state index contributed by atoms with van der Waals surface area (Å²) in [6.07, 6.45) is 1.26. The molecule has 1 atom stereocenters. The quantitative estimate of drug-likeness (QED) is 0.718. The average Bonchev–Trinajstić information content (AvgIpc) is 2.32. The number of unbranched alkanes of at least 4 members (excludes halogenated alkanes) is 1. The molecule has 0 fully saturated rings.